The molecule has 0 unspecified atom stereocenters. The monoisotopic (exact) mass is 346 g/mol. The Bertz CT molecular complexity index is 1170. The van der Waals surface area contributed by atoms with Gasteiger partial charge in [-0.15, -0.1) is 0 Å². The zero-order valence-electron chi connectivity index (χ0n) is 14.6. The molecule has 0 atom stereocenters. The van der Waals surface area contributed by atoms with Crippen molar-refractivity contribution in [1.29, 1.82) is 0 Å². The molecule has 2 N–H and O–H groups in total. The Labute approximate surface area is 149 Å². The zero-order valence-corrected chi connectivity index (χ0v) is 14.6. The summed E-state index contributed by atoms with van der Waals surface area (Å²) in [6.45, 7) is 3.91. The van der Waals surface area contributed by atoms with Crippen molar-refractivity contribution in [3.8, 4) is 0 Å². The van der Waals surface area contributed by atoms with Gasteiger partial charge in [-0.3, -0.25) is 9.59 Å². The lowest BCUT2D eigenvalue weighted by Crippen LogP contribution is -2.15. The molecule has 1 amide bonds. The van der Waals surface area contributed by atoms with E-state index in [2.05, 4.69) is 10.3 Å². The predicted molar refractivity (Wildman–Crippen MR) is 103 cm³/mol. The Hall–Kier alpha value is -3.34. The first-order valence-electron chi connectivity index (χ1n) is 8.52. The summed E-state index contributed by atoms with van der Waals surface area (Å²) < 4.78 is 5.59. The van der Waals surface area contributed by atoms with Gasteiger partial charge >= 0.3 is 0 Å². The molecule has 0 aliphatic carbocycles. The maximum atomic E-state index is 12.5. The van der Waals surface area contributed by atoms with E-state index in [0.29, 0.717) is 23.2 Å². The minimum atomic E-state index is -0.329. The van der Waals surface area contributed by atoms with Crippen LogP contribution in [0.3, 0.4) is 0 Å². The summed E-state index contributed by atoms with van der Waals surface area (Å²) in [4.78, 5) is 27.6. The molecule has 130 valence electrons. The normalized spacial score (nSPS) is 11.2. The molecule has 0 bridgehead atoms. The Morgan fingerprint density at radius 3 is 2.73 bits per heavy atom. The number of H-pyrrole nitrogens is 1. The standard InChI is InChI=1S/C21H18N2O3/c1-3-15-12(2)16-9-8-14(11-17(16)23-20(15)24)22-21(25)19-10-13-6-4-5-7-18(13)26-19/h4-11H,3H2,1-2H3,(H,22,25)(H,23,24). The maximum absolute atomic E-state index is 12.5. The lowest BCUT2D eigenvalue weighted by Gasteiger charge is -2.09. The SMILES string of the molecule is CCc1c(C)c2ccc(NC(=O)c3cc4ccccc4o3)cc2[nH]c1=O. The number of rotatable bonds is 3. The number of aromatic nitrogens is 1. The highest BCUT2D eigenvalue weighted by Crippen LogP contribution is 2.23. The van der Waals surface area contributed by atoms with Gasteiger partial charge in [0.05, 0.1) is 5.52 Å². The van der Waals surface area contributed by atoms with E-state index in [1.54, 1.807) is 12.1 Å². The van der Waals surface area contributed by atoms with E-state index in [9.17, 15) is 9.59 Å². The molecule has 0 spiro atoms. The van der Waals surface area contributed by atoms with Gasteiger partial charge in [0.15, 0.2) is 5.76 Å². The number of anilines is 1. The highest BCUT2D eigenvalue weighted by atomic mass is 16.3. The molecule has 4 rings (SSSR count). The molecular weight excluding hydrogens is 328 g/mol. The van der Waals surface area contributed by atoms with E-state index in [4.69, 9.17) is 4.42 Å². The predicted octanol–water partition coefficient (Wildman–Crippen LogP) is 4.40. The Morgan fingerprint density at radius 2 is 1.96 bits per heavy atom. The molecule has 0 saturated carbocycles. The van der Waals surface area contributed by atoms with E-state index in [1.165, 1.54) is 0 Å². The average Bonchev–Trinajstić information content (AvgIpc) is 3.06. The number of hydrogen-bond acceptors (Lipinski definition) is 3. The van der Waals surface area contributed by atoms with Crippen molar-refractivity contribution in [1.82, 2.24) is 4.98 Å². The molecule has 5 heteroatoms. The minimum Gasteiger partial charge on any atom is -0.451 e. The second kappa shape index (κ2) is 6.19. The van der Waals surface area contributed by atoms with Crippen LogP contribution in [0.1, 0.15) is 28.6 Å². The average molecular weight is 346 g/mol. The topological polar surface area (TPSA) is 75.1 Å². The Balaban J connectivity index is 1.68. The molecule has 26 heavy (non-hydrogen) atoms. The molecule has 0 saturated heterocycles. The summed E-state index contributed by atoms with van der Waals surface area (Å²) in [6, 6.07) is 14.7. The van der Waals surface area contributed by atoms with Gasteiger partial charge in [-0.2, -0.15) is 0 Å². The van der Waals surface area contributed by atoms with Gasteiger partial charge < -0.3 is 14.7 Å². The van der Waals surface area contributed by atoms with Crippen LogP contribution in [0.4, 0.5) is 5.69 Å². The molecule has 2 heterocycles. The molecular formula is C21H18N2O3. The molecule has 0 radical (unpaired) electrons. The lowest BCUT2D eigenvalue weighted by atomic mass is 10.0. The second-order valence-electron chi connectivity index (χ2n) is 6.27. The molecule has 0 aliphatic rings. The molecule has 5 nitrogen and oxygen atoms in total. The number of hydrogen-bond donors (Lipinski definition) is 2. The number of nitrogens with one attached hydrogen (secondary N) is 2. The second-order valence-corrected chi connectivity index (χ2v) is 6.27. The van der Waals surface area contributed by atoms with Crippen LogP contribution in [0.25, 0.3) is 21.9 Å². The van der Waals surface area contributed by atoms with Crippen LogP contribution in [-0.2, 0) is 6.42 Å². The highest BCUT2D eigenvalue weighted by Gasteiger charge is 2.13. The van der Waals surface area contributed by atoms with Crippen LogP contribution < -0.4 is 10.9 Å². The number of carbonyl (C=O) groups is 1. The van der Waals surface area contributed by atoms with E-state index in [0.717, 1.165) is 21.9 Å². The molecule has 0 fully saturated rings. The Kier molecular flexibility index (Phi) is 3.84. The van der Waals surface area contributed by atoms with Gasteiger partial charge in [-0.1, -0.05) is 31.2 Å². The van der Waals surface area contributed by atoms with E-state index >= 15 is 0 Å². The number of aromatic amines is 1. The van der Waals surface area contributed by atoms with Gasteiger partial charge in [0.1, 0.15) is 5.58 Å². The number of carbonyl (C=O) groups excluding carboxylic acids is 1. The maximum Gasteiger partial charge on any atom is 0.291 e. The number of benzene rings is 2. The number of para-hydroxylation sites is 1. The first kappa shape index (κ1) is 16.1. The van der Waals surface area contributed by atoms with Crippen molar-refractivity contribution < 1.29 is 9.21 Å². The third kappa shape index (κ3) is 2.67. The minimum absolute atomic E-state index is 0.0849. The fourth-order valence-corrected chi connectivity index (χ4v) is 3.30. The summed E-state index contributed by atoms with van der Waals surface area (Å²) >= 11 is 0. The summed E-state index contributed by atoms with van der Waals surface area (Å²) in [5, 5.41) is 4.68. The number of fused-ring (bicyclic) bond motifs is 2. The number of furan rings is 1. The summed E-state index contributed by atoms with van der Waals surface area (Å²) in [6.07, 6.45) is 0.682. The molecule has 4 aromatic rings. The van der Waals surface area contributed by atoms with Crippen molar-refractivity contribution in [3.63, 3.8) is 0 Å². The number of amides is 1. The van der Waals surface area contributed by atoms with Gasteiger partial charge in [-0.25, -0.2) is 0 Å². The van der Waals surface area contributed by atoms with Gasteiger partial charge in [0.25, 0.3) is 11.5 Å². The van der Waals surface area contributed by atoms with Crippen LogP contribution >= 0.6 is 0 Å². The van der Waals surface area contributed by atoms with Gasteiger partial charge in [0, 0.05) is 22.0 Å². The van der Waals surface area contributed by atoms with Crippen LogP contribution in [0.5, 0.6) is 0 Å². The van der Waals surface area contributed by atoms with Crippen LogP contribution in [0, 0.1) is 6.92 Å². The van der Waals surface area contributed by atoms with Crippen molar-refractivity contribution in [2.45, 2.75) is 20.3 Å². The number of aryl methyl sites for hydroxylation is 1. The summed E-state index contributed by atoms with van der Waals surface area (Å²) in [5.74, 6) is -0.0814. The Morgan fingerprint density at radius 1 is 1.15 bits per heavy atom. The molecule has 0 aliphatic heterocycles. The first-order valence-corrected chi connectivity index (χ1v) is 8.52. The van der Waals surface area contributed by atoms with E-state index < -0.39 is 0 Å². The van der Waals surface area contributed by atoms with Gasteiger partial charge in [-0.05, 0) is 43.2 Å². The van der Waals surface area contributed by atoms with Crippen LogP contribution in [0.15, 0.2) is 57.7 Å². The van der Waals surface area contributed by atoms with E-state index in [1.807, 2.05) is 50.2 Å². The largest absolute Gasteiger partial charge is 0.451 e. The third-order valence-corrected chi connectivity index (χ3v) is 4.66. The highest BCUT2D eigenvalue weighted by molar-refractivity contribution is 6.05. The summed E-state index contributed by atoms with van der Waals surface area (Å²) in [7, 11) is 0. The van der Waals surface area contributed by atoms with Gasteiger partial charge in [0.2, 0.25) is 0 Å². The van der Waals surface area contributed by atoms with Crippen molar-refractivity contribution >= 4 is 33.5 Å². The first-order chi connectivity index (χ1) is 12.6. The molecule has 2 aromatic carbocycles. The fourth-order valence-electron chi connectivity index (χ4n) is 3.30. The zero-order chi connectivity index (χ0) is 18.3. The molecule has 2 aromatic heterocycles. The fraction of sp³-hybridized carbons (Fsp3) is 0.143. The lowest BCUT2D eigenvalue weighted by molar-refractivity contribution is 0.0998. The van der Waals surface area contributed by atoms with Crippen molar-refractivity contribution in [2.24, 2.45) is 0 Å². The smallest absolute Gasteiger partial charge is 0.291 e. The van der Waals surface area contributed by atoms with Crippen LogP contribution in [0.2, 0.25) is 0 Å². The summed E-state index contributed by atoms with van der Waals surface area (Å²) in [5.41, 5.74) is 3.65. The third-order valence-electron chi connectivity index (χ3n) is 4.66. The van der Waals surface area contributed by atoms with Crippen molar-refractivity contribution in [2.75, 3.05) is 5.32 Å². The van der Waals surface area contributed by atoms with Crippen molar-refractivity contribution in [3.05, 3.63) is 75.8 Å². The van der Waals surface area contributed by atoms with Crippen LogP contribution in [-0.4, -0.2) is 10.9 Å². The number of pyridine rings is 1. The quantitative estimate of drug-likeness (QED) is 0.577. The van der Waals surface area contributed by atoms with E-state index in [-0.39, 0.29) is 17.2 Å².